The van der Waals surface area contributed by atoms with Gasteiger partial charge in [-0.05, 0) is 33.5 Å². The van der Waals surface area contributed by atoms with E-state index in [0.717, 1.165) is 0 Å². The second-order valence-corrected chi connectivity index (χ2v) is 10.1. The van der Waals surface area contributed by atoms with Gasteiger partial charge in [-0.3, -0.25) is 0 Å². The monoisotopic (exact) mass is 268 g/mol. The van der Waals surface area contributed by atoms with Crippen molar-refractivity contribution < 1.29 is 0 Å². The Morgan fingerprint density at radius 2 is 0.895 bits per heavy atom. The highest BCUT2D eigenvalue weighted by Gasteiger charge is 2.49. The average molecular weight is 269 g/mol. The SMILES string of the molecule is CCC(C)(C)C(C)(C)CC(C)(C)C(C)(C)C(C)(C)C. The van der Waals surface area contributed by atoms with Gasteiger partial charge >= 0.3 is 0 Å². The third-order valence-corrected chi connectivity index (χ3v) is 7.17. The molecule has 0 bridgehead atoms. The van der Waals surface area contributed by atoms with Crippen LogP contribution in [0, 0.1) is 27.1 Å². The van der Waals surface area contributed by atoms with Crippen LogP contribution in [0.1, 0.15) is 95.9 Å². The van der Waals surface area contributed by atoms with Crippen LogP contribution in [-0.4, -0.2) is 0 Å². The van der Waals surface area contributed by atoms with Crippen molar-refractivity contribution in [3.63, 3.8) is 0 Å². The van der Waals surface area contributed by atoms with Gasteiger partial charge in [-0.1, -0.05) is 89.5 Å². The molecule has 0 fully saturated rings. The molecule has 0 N–H and O–H groups in total. The first kappa shape index (κ1) is 19.0. The summed E-state index contributed by atoms with van der Waals surface area (Å²) in [7, 11) is 0. The maximum absolute atomic E-state index is 2.46. The van der Waals surface area contributed by atoms with Gasteiger partial charge in [0.1, 0.15) is 0 Å². The minimum absolute atomic E-state index is 0.307. The van der Waals surface area contributed by atoms with E-state index >= 15 is 0 Å². The van der Waals surface area contributed by atoms with Crippen molar-refractivity contribution in [3.05, 3.63) is 0 Å². The van der Waals surface area contributed by atoms with Gasteiger partial charge in [-0.25, -0.2) is 0 Å². The molecule has 0 aliphatic carbocycles. The van der Waals surface area contributed by atoms with Gasteiger partial charge in [0.15, 0.2) is 0 Å². The predicted octanol–water partition coefficient (Wildman–Crippen LogP) is 6.94. The maximum Gasteiger partial charge on any atom is -0.0254 e. The van der Waals surface area contributed by atoms with Gasteiger partial charge < -0.3 is 0 Å². The molecule has 0 rings (SSSR count). The van der Waals surface area contributed by atoms with E-state index in [0.29, 0.717) is 27.1 Å². The fourth-order valence-electron chi connectivity index (χ4n) is 3.06. The van der Waals surface area contributed by atoms with Crippen LogP contribution in [0.4, 0.5) is 0 Å². The Bertz CT molecular complexity index is 294. The standard InChI is InChI=1S/C19H40/c1-13-16(5,6)17(7,8)14-18(9,10)19(11,12)15(2,3)4/h13-14H2,1-12H3. The van der Waals surface area contributed by atoms with Crippen LogP contribution >= 0.6 is 0 Å². The molecule has 19 heavy (non-hydrogen) atoms. The third-order valence-electron chi connectivity index (χ3n) is 7.17. The van der Waals surface area contributed by atoms with E-state index in [2.05, 4.69) is 83.1 Å². The highest BCUT2D eigenvalue weighted by Crippen LogP contribution is 2.58. The normalized spacial score (nSPS) is 15.8. The lowest BCUT2D eigenvalue weighted by Crippen LogP contribution is -2.47. The molecule has 0 saturated heterocycles. The van der Waals surface area contributed by atoms with Crippen LogP contribution in [-0.2, 0) is 0 Å². The summed E-state index contributed by atoms with van der Waals surface area (Å²) >= 11 is 0. The largest absolute Gasteiger partial charge is 0.0649 e. The summed E-state index contributed by atoms with van der Waals surface area (Å²) in [6, 6.07) is 0. The molecule has 0 spiro atoms. The van der Waals surface area contributed by atoms with Crippen LogP contribution < -0.4 is 0 Å². The lowest BCUT2D eigenvalue weighted by atomic mass is 9.49. The lowest BCUT2D eigenvalue weighted by molar-refractivity contribution is -0.0609. The Kier molecular flexibility index (Phi) is 5.08. The van der Waals surface area contributed by atoms with E-state index in [9.17, 15) is 0 Å². The van der Waals surface area contributed by atoms with Gasteiger partial charge in [0.2, 0.25) is 0 Å². The van der Waals surface area contributed by atoms with Crippen molar-refractivity contribution in [1.82, 2.24) is 0 Å². The summed E-state index contributed by atoms with van der Waals surface area (Å²) in [6.07, 6.45) is 2.51. The van der Waals surface area contributed by atoms with E-state index in [-0.39, 0.29) is 0 Å². The highest BCUT2D eigenvalue weighted by atomic mass is 14.5. The summed E-state index contributed by atoms with van der Waals surface area (Å²) in [5, 5.41) is 0. The lowest BCUT2D eigenvalue weighted by Gasteiger charge is -2.55. The first-order chi connectivity index (χ1) is 8.02. The van der Waals surface area contributed by atoms with Gasteiger partial charge in [0.05, 0.1) is 0 Å². The molecule has 0 heterocycles. The predicted molar refractivity (Wildman–Crippen MR) is 89.5 cm³/mol. The van der Waals surface area contributed by atoms with Gasteiger partial charge in [-0.15, -0.1) is 0 Å². The summed E-state index contributed by atoms with van der Waals surface area (Å²) in [5.74, 6) is 0. The highest BCUT2D eigenvalue weighted by molar-refractivity contribution is 4.99. The van der Waals surface area contributed by atoms with Crippen molar-refractivity contribution in [1.29, 1.82) is 0 Å². The molecular weight excluding hydrogens is 228 g/mol. The third kappa shape index (κ3) is 3.56. The molecule has 0 aromatic carbocycles. The Balaban J connectivity index is 5.39. The molecule has 0 radical (unpaired) electrons. The Morgan fingerprint density at radius 1 is 0.526 bits per heavy atom. The molecule has 0 aromatic heterocycles. The summed E-state index contributed by atoms with van der Waals surface area (Å²) in [4.78, 5) is 0. The first-order valence-corrected chi connectivity index (χ1v) is 8.02. The molecule has 0 saturated carbocycles. The second-order valence-electron chi connectivity index (χ2n) is 10.1. The zero-order valence-corrected chi connectivity index (χ0v) is 15.9. The summed E-state index contributed by atoms with van der Waals surface area (Å²) < 4.78 is 0. The van der Waals surface area contributed by atoms with Crippen LogP contribution in [0.3, 0.4) is 0 Å². The van der Waals surface area contributed by atoms with Crippen LogP contribution in [0.25, 0.3) is 0 Å². The van der Waals surface area contributed by atoms with E-state index < -0.39 is 0 Å². The minimum atomic E-state index is 0.307. The molecule has 0 aromatic rings. The zero-order valence-electron chi connectivity index (χ0n) is 15.9. The van der Waals surface area contributed by atoms with Crippen LogP contribution in [0.5, 0.6) is 0 Å². The smallest absolute Gasteiger partial charge is 0.0254 e. The molecule has 0 amide bonds. The molecule has 0 aliphatic heterocycles. The summed E-state index contributed by atoms with van der Waals surface area (Å²) in [6.45, 7) is 29.0. The quantitative estimate of drug-likeness (QED) is 0.506. The topological polar surface area (TPSA) is 0 Å². The number of rotatable bonds is 5. The fourth-order valence-corrected chi connectivity index (χ4v) is 3.06. The van der Waals surface area contributed by atoms with Crippen molar-refractivity contribution in [3.8, 4) is 0 Å². The Morgan fingerprint density at radius 3 is 1.16 bits per heavy atom. The van der Waals surface area contributed by atoms with Crippen molar-refractivity contribution in [2.45, 2.75) is 95.9 Å². The van der Waals surface area contributed by atoms with E-state index in [1.807, 2.05) is 0 Å². The molecule has 0 atom stereocenters. The molecule has 116 valence electrons. The van der Waals surface area contributed by atoms with Gasteiger partial charge in [0, 0.05) is 0 Å². The second kappa shape index (κ2) is 5.08. The van der Waals surface area contributed by atoms with E-state index in [1.54, 1.807) is 0 Å². The zero-order chi connectivity index (χ0) is 15.9. The van der Waals surface area contributed by atoms with Crippen LogP contribution in [0.2, 0.25) is 0 Å². The summed E-state index contributed by atoms with van der Waals surface area (Å²) in [5.41, 5.74) is 1.69. The number of hydrogen-bond acceptors (Lipinski definition) is 0. The maximum atomic E-state index is 2.46. The van der Waals surface area contributed by atoms with Gasteiger partial charge in [-0.2, -0.15) is 0 Å². The minimum Gasteiger partial charge on any atom is -0.0649 e. The first-order valence-electron chi connectivity index (χ1n) is 8.02. The van der Waals surface area contributed by atoms with Crippen LogP contribution in [0.15, 0.2) is 0 Å². The Hall–Kier alpha value is 0. The number of hydrogen-bond donors (Lipinski definition) is 0. The van der Waals surface area contributed by atoms with E-state index in [1.165, 1.54) is 12.8 Å². The van der Waals surface area contributed by atoms with E-state index in [4.69, 9.17) is 0 Å². The van der Waals surface area contributed by atoms with Crippen molar-refractivity contribution in [2.24, 2.45) is 27.1 Å². The molecule has 0 aliphatic rings. The Labute approximate surface area is 123 Å². The molecule has 0 heteroatoms. The molecular formula is C19H40. The van der Waals surface area contributed by atoms with Crippen molar-refractivity contribution in [2.75, 3.05) is 0 Å². The average Bonchev–Trinajstić information content (AvgIpc) is 2.13. The molecule has 0 nitrogen and oxygen atoms in total. The molecule has 0 unspecified atom stereocenters. The fraction of sp³-hybridized carbons (Fsp3) is 1.00. The van der Waals surface area contributed by atoms with Crippen molar-refractivity contribution >= 4 is 0 Å². The van der Waals surface area contributed by atoms with Gasteiger partial charge in [0.25, 0.3) is 0 Å².